The van der Waals surface area contributed by atoms with E-state index in [1.165, 1.54) is 13.2 Å². The molecule has 1 saturated heterocycles. The zero-order chi connectivity index (χ0) is 15.5. The molecule has 1 aromatic carbocycles. The molecule has 1 fully saturated rings. The number of aliphatic hydroxyl groups is 1. The van der Waals surface area contributed by atoms with Gasteiger partial charge in [0.05, 0.1) is 12.7 Å². The van der Waals surface area contributed by atoms with Gasteiger partial charge in [-0.3, -0.25) is 4.90 Å². The molecule has 1 aromatic rings. The average Bonchev–Trinajstić information content (AvgIpc) is 2.38. The second kappa shape index (κ2) is 6.58. The Hall–Kier alpha value is -1.40. The van der Waals surface area contributed by atoms with Gasteiger partial charge < -0.3 is 14.6 Å². The SMILES string of the molecule is CCCC1(O)CN(Cc2ccc(OC(F)F)c(OC)c2)C1. The van der Waals surface area contributed by atoms with Crippen molar-refractivity contribution in [1.82, 2.24) is 4.90 Å². The van der Waals surface area contributed by atoms with Crippen molar-refractivity contribution >= 4 is 0 Å². The van der Waals surface area contributed by atoms with Crippen LogP contribution >= 0.6 is 0 Å². The van der Waals surface area contributed by atoms with Gasteiger partial charge >= 0.3 is 6.61 Å². The number of benzene rings is 1. The predicted molar refractivity (Wildman–Crippen MR) is 74.8 cm³/mol. The summed E-state index contributed by atoms with van der Waals surface area (Å²) in [5.41, 5.74) is 0.365. The minimum absolute atomic E-state index is 0.0300. The Kier molecular flexibility index (Phi) is 5.00. The molecule has 1 aliphatic rings. The Balaban J connectivity index is 1.96. The molecular formula is C15H21F2NO3. The Morgan fingerprint density at radius 3 is 2.62 bits per heavy atom. The van der Waals surface area contributed by atoms with Gasteiger partial charge in [0.15, 0.2) is 11.5 Å². The molecule has 0 atom stereocenters. The number of ether oxygens (including phenoxy) is 2. The fourth-order valence-corrected chi connectivity index (χ4v) is 2.78. The molecule has 4 nitrogen and oxygen atoms in total. The van der Waals surface area contributed by atoms with Crippen molar-refractivity contribution in [2.45, 2.75) is 38.5 Å². The van der Waals surface area contributed by atoms with E-state index < -0.39 is 12.2 Å². The molecule has 0 saturated carbocycles. The molecule has 0 bridgehead atoms. The summed E-state index contributed by atoms with van der Waals surface area (Å²) in [7, 11) is 1.42. The highest BCUT2D eigenvalue weighted by atomic mass is 19.3. The first-order valence-electron chi connectivity index (χ1n) is 7.02. The molecule has 0 aliphatic carbocycles. The maximum atomic E-state index is 12.3. The summed E-state index contributed by atoms with van der Waals surface area (Å²) in [6, 6.07) is 4.91. The van der Waals surface area contributed by atoms with E-state index in [1.54, 1.807) is 12.1 Å². The van der Waals surface area contributed by atoms with E-state index in [4.69, 9.17) is 4.74 Å². The summed E-state index contributed by atoms with van der Waals surface area (Å²) < 4.78 is 34.0. The van der Waals surface area contributed by atoms with Crippen LogP contribution in [0.15, 0.2) is 18.2 Å². The van der Waals surface area contributed by atoms with Gasteiger partial charge in [0.1, 0.15) is 0 Å². The van der Waals surface area contributed by atoms with Crippen LogP contribution in [-0.4, -0.2) is 42.4 Å². The first-order chi connectivity index (χ1) is 9.95. The topological polar surface area (TPSA) is 41.9 Å². The summed E-state index contributed by atoms with van der Waals surface area (Å²) in [6.07, 6.45) is 1.76. The Labute approximate surface area is 123 Å². The summed E-state index contributed by atoms with van der Waals surface area (Å²) in [6.45, 7) is 1.10. The van der Waals surface area contributed by atoms with Crippen molar-refractivity contribution in [3.63, 3.8) is 0 Å². The monoisotopic (exact) mass is 301 g/mol. The highest BCUT2D eigenvalue weighted by Gasteiger charge is 2.39. The third-order valence-corrected chi connectivity index (χ3v) is 3.60. The maximum Gasteiger partial charge on any atom is 0.387 e. The Morgan fingerprint density at radius 2 is 2.05 bits per heavy atom. The van der Waals surface area contributed by atoms with Crippen molar-refractivity contribution in [1.29, 1.82) is 0 Å². The van der Waals surface area contributed by atoms with Crippen molar-refractivity contribution in [3.8, 4) is 11.5 Å². The van der Waals surface area contributed by atoms with Crippen LogP contribution < -0.4 is 9.47 Å². The first kappa shape index (κ1) is 16.0. The Morgan fingerprint density at radius 1 is 1.33 bits per heavy atom. The molecule has 0 amide bonds. The number of alkyl halides is 2. The number of hydrogen-bond acceptors (Lipinski definition) is 4. The molecule has 2 rings (SSSR count). The number of β-amino-alcohol motifs (C(OH)–C–C–N with tert-alkyl or cyclic N) is 1. The molecule has 0 spiro atoms. The van der Waals surface area contributed by atoms with Crippen LogP contribution in [0.4, 0.5) is 8.78 Å². The number of rotatable bonds is 7. The van der Waals surface area contributed by atoms with E-state index >= 15 is 0 Å². The largest absolute Gasteiger partial charge is 0.493 e. The third kappa shape index (κ3) is 4.04. The van der Waals surface area contributed by atoms with E-state index in [0.29, 0.717) is 19.6 Å². The summed E-state index contributed by atoms with van der Waals surface area (Å²) in [5.74, 6) is 0.319. The van der Waals surface area contributed by atoms with E-state index in [9.17, 15) is 13.9 Å². The quantitative estimate of drug-likeness (QED) is 0.840. The Bertz CT molecular complexity index is 476. The van der Waals surface area contributed by atoms with Gasteiger partial charge in [-0.1, -0.05) is 19.4 Å². The lowest BCUT2D eigenvalue weighted by Gasteiger charge is -2.46. The van der Waals surface area contributed by atoms with E-state index in [2.05, 4.69) is 9.64 Å². The molecule has 118 valence electrons. The number of halogens is 2. The maximum absolute atomic E-state index is 12.3. The smallest absolute Gasteiger partial charge is 0.387 e. The van der Waals surface area contributed by atoms with Crippen LogP contribution in [0.2, 0.25) is 0 Å². The van der Waals surface area contributed by atoms with Crippen molar-refractivity contribution < 1.29 is 23.4 Å². The molecular weight excluding hydrogens is 280 g/mol. The lowest BCUT2D eigenvalue weighted by molar-refractivity contribution is -0.106. The van der Waals surface area contributed by atoms with Gasteiger partial charge in [-0.25, -0.2) is 0 Å². The summed E-state index contributed by atoms with van der Waals surface area (Å²) in [5, 5.41) is 10.1. The zero-order valence-corrected chi connectivity index (χ0v) is 12.3. The van der Waals surface area contributed by atoms with Gasteiger partial charge in [0.25, 0.3) is 0 Å². The van der Waals surface area contributed by atoms with Crippen LogP contribution in [0.5, 0.6) is 11.5 Å². The number of nitrogens with zero attached hydrogens (tertiary/aromatic N) is 1. The van der Waals surface area contributed by atoms with E-state index in [-0.39, 0.29) is 11.5 Å². The van der Waals surface area contributed by atoms with Gasteiger partial charge in [-0.15, -0.1) is 0 Å². The standard InChI is InChI=1S/C15H21F2NO3/c1-3-6-15(19)9-18(10-15)8-11-4-5-12(21-14(16)17)13(7-11)20-2/h4-5,7,14,19H,3,6,8-10H2,1-2H3. The van der Waals surface area contributed by atoms with Crippen molar-refractivity contribution in [2.75, 3.05) is 20.2 Å². The zero-order valence-electron chi connectivity index (χ0n) is 12.3. The lowest BCUT2D eigenvalue weighted by Crippen LogP contribution is -2.60. The molecule has 6 heteroatoms. The summed E-state index contributed by atoms with van der Waals surface area (Å²) >= 11 is 0. The van der Waals surface area contributed by atoms with Crippen molar-refractivity contribution in [3.05, 3.63) is 23.8 Å². The van der Waals surface area contributed by atoms with Gasteiger partial charge in [-0.05, 0) is 24.1 Å². The van der Waals surface area contributed by atoms with Crippen LogP contribution in [0.25, 0.3) is 0 Å². The fraction of sp³-hybridized carbons (Fsp3) is 0.600. The first-order valence-corrected chi connectivity index (χ1v) is 7.02. The van der Waals surface area contributed by atoms with E-state index in [0.717, 1.165) is 18.4 Å². The number of hydrogen-bond donors (Lipinski definition) is 1. The molecule has 0 radical (unpaired) electrons. The average molecular weight is 301 g/mol. The normalized spacial score (nSPS) is 17.6. The molecule has 1 heterocycles. The molecule has 1 aliphatic heterocycles. The van der Waals surface area contributed by atoms with Crippen LogP contribution in [0.1, 0.15) is 25.3 Å². The van der Waals surface area contributed by atoms with Crippen LogP contribution in [0, 0.1) is 0 Å². The van der Waals surface area contributed by atoms with Gasteiger partial charge in [0.2, 0.25) is 0 Å². The van der Waals surface area contributed by atoms with Gasteiger partial charge in [0, 0.05) is 19.6 Å². The number of likely N-dealkylation sites (tertiary alicyclic amines) is 1. The molecule has 21 heavy (non-hydrogen) atoms. The lowest BCUT2D eigenvalue weighted by atomic mass is 9.89. The number of methoxy groups -OCH3 is 1. The van der Waals surface area contributed by atoms with Crippen LogP contribution in [0.3, 0.4) is 0 Å². The fourth-order valence-electron chi connectivity index (χ4n) is 2.78. The molecule has 1 N–H and O–H groups in total. The van der Waals surface area contributed by atoms with Crippen LogP contribution in [-0.2, 0) is 6.54 Å². The third-order valence-electron chi connectivity index (χ3n) is 3.60. The highest BCUT2D eigenvalue weighted by Crippen LogP contribution is 2.32. The van der Waals surface area contributed by atoms with Gasteiger partial charge in [-0.2, -0.15) is 8.78 Å². The second-order valence-electron chi connectivity index (χ2n) is 5.48. The predicted octanol–water partition coefficient (Wildman–Crippen LogP) is 2.64. The van der Waals surface area contributed by atoms with E-state index in [1.807, 2.05) is 6.92 Å². The molecule has 0 unspecified atom stereocenters. The highest BCUT2D eigenvalue weighted by molar-refractivity contribution is 5.43. The minimum Gasteiger partial charge on any atom is -0.493 e. The molecule has 0 aromatic heterocycles. The summed E-state index contributed by atoms with van der Waals surface area (Å²) in [4.78, 5) is 2.11. The second-order valence-corrected chi connectivity index (χ2v) is 5.48. The van der Waals surface area contributed by atoms with Crippen molar-refractivity contribution in [2.24, 2.45) is 0 Å². The minimum atomic E-state index is -2.87.